The highest BCUT2D eigenvalue weighted by molar-refractivity contribution is 7.87. The molecule has 0 bridgehead atoms. The number of phenols is 2. The first-order valence-electron chi connectivity index (χ1n) is 19.8. The van der Waals surface area contributed by atoms with Crippen molar-refractivity contribution < 1.29 is 102 Å². The number of carbonyl (C=O) groups is 1. The van der Waals surface area contributed by atoms with Crippen LogP contribution in [0.2, 0.25) is 0 Å². The van der Waals surface area contributed by atoms with Crippen LogP contribution in [0.15, 0.2) is 164 Å². The van der Waals surface area contributed by atoms with Gasteiger partial charge in [0.05, 0.1) is 43.5 Å². The molecule has 0 amide bonds. The number of non-ortho nitro benzene ring substituents is 1. The smallest absolute Gasteiger partial charge is 0.425 e. The molecule has 34 nitrogen and oxygen atoms in total. The Bertz CT molecular complexity index is 4490. The van der Waals surface area contributed by atoms with Crippen LogP contribution in [0.5, 0.6) is 11.5 Å². The second-order valence-corrected chi connectivity index (χ2v) is 21.0. The zero-order chi connectivity index (χ0) is 59.1. The maximum atomic E-state index is 13.0. The number of aromatic hydroxyl groups is 2. The molecule has 0 aliphatic rings. The van der Waals surface area contributed by atoms with Crippen molar-refractivity contribution in [3.8, 4) is 11.5 Å². The number of nitrogen functional groups attached to an aromatic ring is 1. The molecule has 0 aliphatic heterocycles. The summed E-state index contributed by atoms with van der Waals surface area (Å²) in [5, 5.41) is 71.5. The van der Waals surface area contributed by atoms with E-state index >= 15 is 0 Å². The minimum absolute atomic E-state index is 0.00508. The summed E-state index contributed by atoms with van der Waals surface area (Å²) in [4.78, 5) is 18.4. The summed E-state index contributed by atoms with van der Waals surface area (Å²) in [5.41, 5.74) is 1.42. The maximum Gasteiger partial charge on any atom is 0.425 e. The van der Waals surface area contributed by atoms with Crippen LogP contribution in [0.1, 0.15) is 10.4 Å². The number of fused-ring (bicyclic) bond motifs is 2. The van der Waals surface area contributed by atoms with Gasteiger partial charge < -0.3 is 21.1 Å². The van der Waals surface area contributed by atoms with Gasteiger partial charge in [0.1, 0.15) is 43.1 Å². The van der Waals surface area contributed by atoms with E-state index in [1.54, 1.807) is 0 Å². The van der Waals surface area contributed by atoms with Crippen molar-refractivity contribution in [1.29, 1.82) is 0 Å². The van der Waals surface area contributed by atoms with Gasteiger partial charge in [-0.1, -0.05) is 6.07 Å². The molecule has 0 aromatic heterocycles. The van der Waals surface area contributed by atoms with E-state index in [1.165, 1.54) is 36.4 Å². The molecule has 7 aromatic carbocycles. The van der Waals surface area contributed by atoms with Crippen molar-refractivity contribution in [3.63, 3.8) is 0 Å². The molecule has 0 saturated heterocycles. The summed E-state index contributed by atoms with van der Waals surface area (Å²) in [6, 6.07) is 17.5. The number of carboxylic acids is 1. The van der Waals surface area contributed by atoms with Gasteiger partial charge in [0.2, 0.25) is 0 Å². The van der Waals surface area contributed by atoms with Gasteiger partial charge in [0, 0.05) is 28.3 Å². The number of benzene rings is 7. The average Bonchev–Trinajstić information content (AvgIpc) is 3.41. The van der Waals surface area contributed by atoms with Gasteiger partial charge in [-0.05, 0) is 84.9 Å². The van der Waals surface area contributed by atoms with E-state index in [-0.39, 0.29) is 22.0 Å². The van der Waals surface area contributed by atoms with E-state index in [0.717, 1.165) is 54.6 Å². The summed E-state index contributed by atoms with van der Waals surface area (Å²) in [5.74, 6) is -3.62. The highest BCUT2D eigenvalue weighted by atomic mass is 32.2. The highest BCUT2D eigenvalue weighted by Crippen LogP contribution is 2.48. The van der Waals surface area contributed by atoms with Crippen LogP contribution in [0, 0.1) is 10.1 Å². The minimum Gasteiger partial charge on any atom is -0.505 e. The molecule has 0 aliphatic carbocycles. The molecule has 0 saturated carbocycles. The van der Waals surface area contributed by atoms with Crippen molar-refractivity contribution in [2.75, 3.05) is 5.73 Å². The Morgan fingerprint density at radius 1 is 0.494 bits per heavy atom. The Morgan fingerprint density at radius 2 is 0.949 bits per heavy atom. The van der Waals surface area contributed by atoms with Crippen LogP contribution in [0.3, 0.4) is 0 Å². The standard InChI is InChI=1S/C39H26N10O18S4.2O3S/c40-34-30(17-31(69(59,60)61)25-12-13-27(37(51)33(25)34)44-46-29-15-21(49(54)55)7-10-24(29)39(52)53)47-45-28-14-11-23-26(38(28)71(65,66)67)16-32(70(62,63)64)35(36(23)50)48-43-19-3-1-18(2-4-19)41-42-20-5-8-22(9-6-20)68(56,57)58;2*1-4(2)3/h1-17,50-51H,40H2,(H,52,53)(H,56,57,58)(H,59,60,61)(H,62,63,64)(H,65,66,67);;. The second-order valence-electron chi connectivity index (χ2n) is 14.6. The SMILES string of the molecule is Nc1c(N=Nc2ccc3c(O)c(N=Nc4ccc(N=Nc5ccc(S(=O)(=O)O)cc5)cc4)c(S(=O)(=O)O)cc3c2S(=O)(=O)O)cc(S(=O)(=O)O)c2ccc(N=Nc3cc([N+](=O)[O-])ccc3C(=O)O)c(O)c12.O=S(=O)=O.O=S(=O)=O. The number of azo groups is 4. The molecular formula is C39H26N10O24S6. The number of phenolic OH excluding ortho intramolecular Hbond substituents is 2. The van der Waals surface area contributed by atoms with Crippen molar-refractivity contribution in [2.24, 2.45) is 40.9 Å². The molecule has 40 heteroatoms. The van der Waals surface area contributed by atoms with Gasteiger partial charge in [-0.15, -0.1) is 50.8 Å². The first kappa shape index (κ1) is 60.5. The fraction of sp³-hybridized carbons (Fsp3) is 0. The number of nitro groups is 1. The predicted molar refractivity (Wildman–Crippen MR) is 264 cm³/mol. The van der Waals surface area contributed by atoms with Gasteiger partial charge in [0.25, 0.3) is 46.2 Å². The van der Waals surface area contributed by atoms with Crippen LogP contribution in [-0.4, -0.2) is 103 Å². The van der Waals surface area contributed by atoms with E-state index in [9.17, 15) is 77.6 Å². The lowest BCUT2D eigenvalue weighted by atomic mass is 10.1. The van der Waals surface area contributed by atoms with Gasteiger partial charge >= 0.3 is 27.2 Å². The Kier molecular flexibility index (Phi) is 18.3. The zero-order valence-electron chi connectivity index (χ0n) is 37.9. The van der Waals surface area contributed by atoms with Crippen LogP contribution >= 0.6 is 0 Å². The molecule has 0 atom stereocenters. The van der Waals surface area contributed by atoms with Gasteiger partial charge in [-0.25, -0.2) is 4.79 Å². The fourth-order valence-electron chi connectivity index (χ4n) is 6.47. The average molecular weight is 1210 g/mol. The van der Waals surface area contributed by atoms with Crippen molar-refractivity contribution in [3.05, 3.63) is 119 Å². The lowest BCUT2D eigenvalue weighted by molar-refractivity contribution is -0.384. The van der Waals surface area contributed by atoms with Gasteiger partial charge in [-0.2, -0.15) is 49.0 Å². The topological polar surface area (TPSA) is 566 Å². The van der Waals surface area contributed by atoms with Crippen molar-refractivity contribution >= 4 is 146 Å². The van der Waals surface area contributed by atoms with Gasteiger partial charge in [0.15, 0.2) is 11.5 Å². The summed E-state index contributed by atoms with van der Waals surface area (Å²) in [6.45, 7) is 0. The number of nitrogens with two attached hydrogens (primary N) is 1. The molecule has 7 rings (SSSR count). The number of nitro benzene ring substituents is 1. The number of carboxylic acid groups (broad SMARTS) is 1. The predicted octanol–water partition coefficient (Wildman–Crippen LogP) is 7.23. The van der Waals surface area contributed by atoms with E-state index in [1.807, 2.05) is 0 Å². The Hall–Kier alpha value is -9.39. The largest absolute Gasteiger partial charge is 0.505 e. The molecule has 79 heavy (non-hydrogen) atoms. The third-order valence-corrected chi connectivity index (χ3v) is 13.3. The number of hydrogen-bond acceptors (Lipinski definition) is 28. The second kappa shape index (κ2) is 23.9. The number of hydrogen-bond donors (Lipinski definition) is 8. The number of rotatable bonds is 14. The molecule has 0 fully saturated rings. The molecule has 0 heterocycles. The van der Waals surface area contributed by atoms with Crippen LogP contribution in [-0.2, 0) is 61.7 Å². The Labute approximate surface area is 442 Å². The molecule has 9 N–H and O–H groups in total. The molecule has 0 spiro atoms. The molecule has 412 valence electrons. The zero-order valence-corrected chi connectivity index (χ0v) is 42.8. The molecule has 0 radical (unpaired) electrons. The molecule has 0 unspecified atom stereocenters. The summed E-state index contributed by atoms with van der Waals surface area (Å²) in [6.07, 6.45) is 0. The maximum absolute atomic E-state index is 13.0. The molecule has 7 aromatic rings. The summed E-state index contributed by atoms with van der Waals surface area (Å²) in [7, 11) is -26.8. The highest BCUT2D eigenvalue weighted by Gasteiger charge is 2.29. The number of anilines is 1. The number of nitrogens with zero attached hydrogens (tertiary/aromatic N) is 9. The van der Waals surface area contributed by atoms with Crippen LogP contribution < -0.4 is 5.73 Å². The van der Waals surface area contributed by atoms with Crippen LogP contribution in [0.4, 0.5) is 56.9 Å². The summed E-state index contributed by atoms with van der Waals surface area (Å²) < 4.78 is 189. The lowest BCUT2D eigenvalue weighted by Gasteiger charge is -2.13. The van der Waals surface area contributed by atoms with E-state index < -0.39 is 166 Å². The fourth-order valence-corrected chi connectivity index (χ4v) is 9.13. The van der Waals surface area contributed by atoms with E-state index in [4.69, 9.17) is 35.5 Å². The normalized spacial score (nSPS) is 12.2. The van der Waals surface area contributed by atoms with Gasteiger partial charge in [-0.3, -0.25) is 28.3 Å². The Balaban J connectivity index is 0.00000134. The summed E-state index contributed by atoms with van der Waals surface area (Å²) >= 11 is 0. The lowest BCUT2D eigenvalue weighted by Crippen LogP contribution is -2.03. The van der Waals surface area contributed by atoms with Crippen molar-refractivity contribution in [2.45, 2.75) is 19.6 Å². The third kappa shape index (κ3) is 15.2. The van der Waals surface area contributed by atoms with Crippen LogP contribution in [0.25, 0.3) is 21.5 Å². The monoisotopic (exact) mass is 1210 g/mol. The third-order valence-electron chi connectivity index (χ3n) is 9.70. The van der Waals surface area contributed by atoms with E-state index in [0.29, 0.717) is 12.1 Å². The van der Waals surface area contributed by atoms with Crippen molar-refractivity contribution in [1.82, 2.24) is 0 Å². The Morgan fingerprint density at radius 3 is 1.43 bits per heavy atom. The molecular weight excluding hydrogens is 1180 g/mol. The first-order chi connectivity index (χ1) is 36.6. The number of aromatic carboxylic acids is 1. The minimum atomic E-state index is -5.53. The quantitative estimate of drug-likeness (QED) is 0.0175. The van der Waals surface area contributed by atoms with E-state index in [2.05, 4.69) is 40.9 Å². The first-order valence-corrected chi connectivity index (χ1v) is 27.6.